The number of ether oxygens (including phenoxy) is 1. The van der Waals surface area contributed by atoms with Gasteiger partial charge in [0, 0.05) is 19.6 Å². The summed E-state index contributed by atoms with van der Waals surface area (Å²) in [4.78, 5) is 2.49. The molecule has 0 radical (unpaired) electrons. The molecule has 106 valence electrons. The number of rotatable bonds is 5. The Hall–Kier alpha value is -1.06. The van der Waals surface area contributed by atoms with Crippen molar-refractivity contribution in [2.75, 3.05) is 32.8 Å². The van der Waals surface area contributed by atoms with Gasteiger partial charge in [0.05, 0.1) is 13.2 Å². The Labute approximate surface area is 116 Å². The molecule has 3 nitrogen and oxygen atoms in total. The number of hydrogen-bond acceptors (Lipinski definition) is 3. The molecule has 1 N–H and O–H groups in total. The van der Waals surface area contributed by atoms with E-state index in [4.69, 9.17) is 4.74 Å². The molecular weight excluding hydrogens is 238 g/mol. The summed E-state index contributed by atoms with van der Waals surface area (Å²) >= 11 is 0. The van der Waals surface area contributed by atoms with Crippen molar-refractivity contribution in [2.45, 2.75) is 26.2 Å². The van der Waals surface area contributed by atoms with Crippen LogP contribution in [0.15, 0.2) is 24.3 Å². The lowest BCUT2D eigenvalue weighted by Gasteiger charge is -2.32. The van der Waals surface area contributed by atoms with Crippen molar-refractivity contribution in [2.24, 2.45) is 5.92 Å². The van der Waals surface area contributed by atoms with Crippen molar-refractivity contribution in [3.8, 4) is 5.75 Å². The minimum Gasteiger partial charge on any atom is -0.508 e. The second kappa shape index (κ2) is 6.92. The first-order valence-electron chi connectivity index (χ1n) is 7.29. The van der Waals surface area contributed by atoms with Gasteiger partial charge in [-0.2, -0.15) is 0 Å². The van der Waals surface area contributed by atoms with Crippen LogP contribution in [0, 0.1) is 5.92 Å². The number of phenols is 1. The summed E-state index contributed by atoms with van der Waals surface area (Å²) in [7, 11) is 0. The number of benzene rings is 1. The fourth-order valence-corrected chi connectivity index (χ4v) is 3.04. The largest absolute Gasteiger partial charge is 0.508 e. The predicted molar refractivity (Wildman–Crippen MR) is 77.6 cm³/mol. The lowest BCUT2D eigenvalue weighted by atomic mass is 9.84. The van der Waals surface area contributed by atoms with E-state index in [-0.39, 0.29) is 0 Å². The summed E-state index contributed by atoms with van der Waals surface area (Å²) in [5, 5.41) is 9.63. The van der Waals surface area contributed by atoms with Crippen LogP contribution in [0.25, 0.3) is 0 Å². The Bertz CT molecular complexity index is 388. The summed E-state index contributed by atoms with van der Waals surface area (Å²) < 4.78 is 5.39. The molecule has 0 amide bonds. The number of morpholine rings is 1. The molecule has 1 aliphatic heterocycles. The third-order valence-corrected chi connectivity index (χ3v) is 4.07. The molecule has 0 spiro atoms. The third kappa shape index (κ3) is 3.95. The highest BCUT2D eigenvalue weighted by atomic mass is 16.5. The van der Waals surface area contributed by atoms with Crippen LogP contribution in [-0.2, 0) is 4.74 Å². The summed E-state index contributed by atoms with van der Waals surface area (Å²) in [5.74, 6) is 1.47. The first-order chi connectivity index (χ1) is 9.20. The van der Waals surface area contributed by atoms with Crippen LogP contribution in [0.1, 0.15) is 31.7 Å². The Morgan fingerprint density at radius 3 is 2.68 bits per heavy atom. The maximum atomic E-state index is 9.63. The highest BCUT2D eigenvalue weighted by Crippen LogP contribution is 2.30. The summed E-state index contributed by atoms with van der Waals surface area (Å²) in [6.45, 7) is 9.45. The summed E-state index contributed by atoms with van der Waals surface area (Å²) in [6, 6.07) is 7.71. The summed E-state index contributed by atoms with van der Waals surface area (Å²) in [6.07, 6.45) is 1.11. The number of aromatic hydroxyl groups is 1. The molecule has 0 aromatic heterocycles. The predicted octanol–water partition coefficient (Wildman–Crippen LogP) is 2.85. The zero-order valence-corrected chi connectivity index (χ0v) is 12.0. The first-order valence-corrected chi connectivity index (χ1v) is 7.29. The lowest BCUT2D eigenvalue weighted by Crippen LogP contribution is -2.39. The van der Waals surface area contributed by atoms with Crippen molar-refractivity contribution in [3.63, 3.8) is 0 Å². The number of hydrogen-bond donors (Lipinski definition) is 1. The van der Waals surface area contributed by atoms with Crippen LogP contribution in [0.5, 0.6) is 5.75 Å². The van der Waals surface area contributed by atoms with Crippen LogP contribution in [0.4, 0.5) is 0 Å². The van der Waals surface area contributed by atoms with Crippen molar-refractivity contribution in [1.82, 2.24) is 4.90 Å². The van der Waals surface area contributed by atoms with E-state index in [2.05, 4.69) is 24.8 Å². The van der Waals surface area contributed by atoms with E-state index in [0.29, 0.717) is 17.6 Å². The topological polar surface area (TPSA) is 32.7 Å². The van der Waals surface area contributed by atoms with E-state index in [9.17, 15) is 5.11 Å². The first kappa shape index (κ1) is 14.4. The van der Waals surface area contributed by atoms with Crippen molar-refractivity contribution in [3.05, 3.63) is 29.8 Å². The van der Waals surface area contributed by atoms with Gasteiger partial charge in [0.15, 0.2) is 0 Å². The van der Waals surface area contributed by atoms with E-state index in [1.54, 1.807) is 6.07 Å². The summed E-state index contributed by atoms with van der Waals surface area (Å²) in [5.41, 5.74) is 1.25. The molecule has 1 saturated heterocycles. The molecule has 3 heteroatoms. The Kier molecular flexibility index (Phi) is 5.23. The van der Waals surface area contributed by atoms with Gasteiger partial charge in [0.25, 0.3) is 0 Å². The lowest BCUT2D eigenvalue weighted by molar-refractivity contribution is 0.0298. The SMILES string of the molecule is CCC(c1cccc(O)c1)C(C)CN1CCOCC1. The second-order valence-electron chi connectivity index (χ2n) is 5.50. The Balaban J connectivity index is 1.99. The van der Waals surface area contributed by atoms with Crippen molar-refractivity contribution >= 4 is 0 Å². The fraction of sp³-hybridized carbons (Fsp3) is 0.625. The van der Waals surface area contributed by atoms with E-state index in [1.165, 1.54) is 5.56 Å². The normalized spacial score (nSPS) is 20.1. The van der Waals surface area contributed by atoms with Gasteiger partial charge in [-0.1, -0.05) is 26.0 Å². The van der Waals surface area contributed by atoms with Gasteiger partial charge in [-0.15, -0.1) is 0 Å². The quantitative estimate of drug-likeness (QED) is 0.886. The molecule has 19 heavy (non-hydrogen) atoms. The van der Waals surface area contributed by atoms with Gasteiger partial charge >= 0.3 is 0 Å². The van der Waals surface area contributed by atoms with Gasteiger partial charge in [0.2, 0.25) is 0 Å². The zero-order chi connectivity index (χ0) is 13.7. The Morgan fingerprint density at radius 2 is 2.05 bits per heavy atom. The molecule has 2 rings (SSSR count). The average Bonchev–Trinajstić information content (AvgIpc) is 2.41. The molecular formula is C16H25NO2. The second-order valence-corrected chi connectivity index (χ2v) is 5.50. The van der Waals surface area contributed by atoms with Crippen LogP contribution in [0.2, 0.25) is 0 Å². The monoisotopic (exact) mass is 263 g/mol. The highest BCUT2D eigenvalue weighted by Gasteiger charge is 2.21. The van der Waals surface area contributed by atoms with E-state index < -0.39 is 0 Å². The molecule has 1 aliphatic rings. The average molecular weight is 263 g/mol. The third-order valence-electron chi connectivity index (χ3n) is 4.07. The van der Waals surface area contributed by atoms with E-state index >= 15 is 0 Å². The fourth-order valence-electron chi connectivity index (χ4n) is 3.04. The maximum Gasteiger partial charge on any atom is 0.115 e. The van der Waals surface area contributed by atoms with Gasteiger partial charge in [-0.05, 0) is 36.0 Å². The molecule has 2 unspecified atom stereocenters. The molecule has 1 fully saturated rings. The standard InChI is InChI=1S/C16H25NO2/c1-3-16(14-5-4-6-15(18)11-14)13(2)12-17-7-9-19-10-8-17/h4-6,11,13,16,18H,3,7-10,12H2,1-2H3. The van der Waals surface area contributed by atoms with Crippen LogP contribution in [0.3, 0.4) is 0 Å². The minimum atomic E-state index is 0.370. The number of nitrogens with zero attached hydrogens (tertiary/aromatic N) is 1. The number of phenolic OH excluding ortho intramolecular Hbond substituents is 1. The highest BCUT2D eigenvalue weighted by molar-refractivity contribution is 5.30. The van der Waals surface area contributed by atoms with Crippen LogP contribution in [-0.4, -0.2) is 42.9 Å². The van der Waals surface area contributed by atoms with E-state index in [0.717, 1.165) is 39.3 Å². The van der Waals surface area contributed by atoms with Crippen molar-refractivity contribution < 1.29 is 9.84 Å². The molecule has 0 aliphatic carbocycles. The molecule has 1 aromatic carbocycles. The molecule has 1 aromatic rings. The van der Waals surface area contributed by atoms with Gasteiger partial charge in [-0.3, -0.25) is 4.90 Å². The van der Waals surface area contributed by atoms with Gasteiger partial charge in [0.1, 0.15) is 5.75 Å². The Morgan fingerprint density at radius 1 is 1.32 bits per heavy atom. The van der Waals surface area contributed by atoms with Gasteiger partial charge in [-0.25, -0.2) is 0 Å². The molecule has 0 saturated carbocycles. The zero-order valence-electron chi connectivity index (χ0n) is 12.0. The molecule has 1 heterocycles. The smallest absolute Gasteiger partial charge is 0.115 e. The van der Waals surface area contributed by atoms with Crippen molar-refractivity contribution in [1.29, 1.82) is 0 Å². The molecule has 2 atom stereocenters. The molecule has 0 bridgehead atoms. The minimum absolute atomic E-state index is 0.370. The maximum absolute atomic E-state index is 9.63. The van der Waals surface area contributed by atoms with Gasteiger partial charge < -0.3 is 9.84 Å². The van der Waals surface area contributed by atoms with Crippen LogP contribution >= 0.6 is 0 Å². The van der Waals surface area contributed by atoms with Crippen LogP contribution < -0.4 is 0 Å². The van der Waals surface area contributed by atoms with E-state index in [1.807, 2.05) is 12.1 Å².